The first-order valence-electron chi connectivity index (χ1n) is 9.77. The Hall–Kier alpha value is -0.440. The largest absolute Gasteiger partial charge is 0.382 e. The van der Waals surface area contributed by atoms with E-state index >= 15 is 0 Å². The van der Waals surface area contributed by atoms with Gasteiger partial charge in [-0.15, -0.1) is 0 Å². The maximum Gasteiger partial charge on any atom is 0.187 e. The van der Waals surface area contributed by atoms with E-state index in [0.29, 0.717) is 0 Å². The molecule has 0 saturated carbocycles. The molecule has 0 radical (unpaired) electrons. The molecule has 11 nitrogen and oxygen atoms in total. The van der Waals surface area contributed by atoms with Crippen LogP contribution in [0.25, 0.3) is 0 Å². The second kappa shape index (κ2) is 12.6. The maximum atomic E-state index is 10.3. The minimum Gasteiger partial charge on any atom is -0.382 e. The van der Waals surface area contributed by atoms with Crippen molar-refractivity contribution in [2.75, 3.05) is 63.0 Å². The van der Waals surface area contributed by atoms with E-state index in [1.54, 1.807) is 28.4 Å². The van der Waals surface area contributed by atoms with Gasteiger partial charge >= 0.3 is 0 Å². The molecular formula is C19H36O11. The van der Waals surface area contributed by atoms with Gasteiger partial charge in [-0.25, -0.2) is 0 Å². The zero-order chi connectivity index (χ0) is 22.3. The minimum absolute atomic E-state index is 0.0458. The molecule has 178 valence electrons. The van der Waals surface area contributed by atoms with Crippen molar-refractivity contribution in [2.24, 2.45) is 0 Å². The lowest BCUT2D eigenvalue weighted by molar-refractivity contribution is -0.336. The fourth-order valence-corrected chi connectivity index (χ4v) is 4.14. The van der Waals surface area contributed by atoms with Crippen molar-refractivity contribution in [1.29, 1.82) is 0 Å². The molecule has 2 aliphatic heterocycles. The summed E-state index contributed by atoms with van der Waals surface area (Å²) in [6.45, 7) is 0.333. The molecule has 2 aliphatic rings. The van der Waals surface area contributed by atoms with E-state index in [0.717, 1.165) is 0 Å². The van der Waals surface area contributed by atoms with Crippen LogP contribution in [0.3, 0.4) is 0 Å². The molecule has 2 rings (SSSR count). The average Bonchev–Trinajstić information content (AvgIpc) is 2.76. The predicted molar refractivity (Wildman–Crippen MR) is 102 cm³/mol. The molecule has 11 heteroatoms. The average molecular weight is 440 g/mol. The van der Waals surface area contributed by atoms with Crippen LogP contribution in [-0.2, 0) is 47.4 Å². The van der Waals surface area contributed by atoms with Crippen LogP contribution < -0.4 is 0 Å². The number of hydrogen-bond donors (Lipinski definition) is 1. The molecule has 0 aliphatic carbocycles. The summed E-state index contributed by atoms with van der Waals surface area (Å²) in [4.78, 5) is 0. The molecule has 30 heavy (non-hydrogen) atoms. The lowest BCUT2D eigenvalue weighted by Gasteiger charge is -2.46. The summed E-state index contributed by atoms with van der Waals surface area (Å²) in [5.41, 5.74) is 0. The van der Waals surface area contributed by atoms with Crippen LogP contribution in [0.2, 0.25) is 0 Å². The van der Waals surface area contributed by atoms with Gasteiger partial charge in [0.05, 0.1) is 13.2 Å². The van der Waals surface area contributed by atoms with Crippen LogP contribution >= 0.6 is 0 Å². The van der Waals surface area contributed by atoms with Gasteiger partial charge in [0.25, 0.3) is 0 Å². The molecule has 1 unspecified atom stereocenters. The van der Waals surface area contributed by atoms with E-state index in [1.807, 2.05) is 0 Å². The Morgan fingerprint density at radius 1 is 0.567 bits per heavy atom. The lowest BCUT2D eigenvalue weighted by Crippen LogP contribution is -2.63. The Kier molecular flexibility index (Phi) is 10.8. The van der Waals surface area contributed by atoms with E-state index in [9.17, 15) is 5.11 Å². The second-order valence-electron chi connectivity index (χ2n) is 7.10. The number of rotatable bonds is 11. The quantitative estimate of drug-likeness (QED) is 0.435. The summed E-state index contributed by atoms with van der Waals surface area (Å²) in [7, 11) is 10.8. The van der Waals surface area contributed by atoms with Crippen molar-refractivity contribution in [2.45, 2.75) is 61.4 Å². The Bertz CT molecular complexity index is 481. The Labute approximate surface area is 177 Å². The monoisotopic (exact) mass is 440 g/mol. The SMILES string of the molecule is COC[C@H]1O[C@@H](OCC2O[C@@H](O)[C@H](OC)[C@@H](OC)[C@@H]2OC)[C@H](OC)[C@@H](OC)[C@@H]1OC. The minimum atomic E-state index is -1.20. The van der Waals surface area contributed by atoms with E-state index in [-0.39, 0.29) is 13.2 Å². The zero-order valence-electron chi connectivity index (χ0n) is 18.7. The summed E-state index contributed by atoms with van der Waals surface area (Å²) in [6, 6.07) is 0. The van der Waals surface area contributed by atoms with Crippen molar-refractivity contribution in [3.8, 4) is 0 Å². The van der Waals surface area contributed by atoms with Gasteiger partial charge in [0.1, 0.15) is 48.8 Å². The highest BCUT2D eigenvalue weighted by atomic mass is 16.7. The summed E-state index contributed by atoms with van der Waals surface area (Å²) in [5, 5.41) is 10.3. The highest BCUT2D eigenvalue weighted by Gasteiger charge is 2.50. The van der Waals surface area contributed by atoms with Crippen molar-refractivity contribution in [3.05, 3.63) is 0 Å². The second-order valence-corrected chi connectivity index (χ2v) is 7.10. The third-order valence-electron chi connectivity index (χ3n) is 5.59. The standard InChI is InChI=1S/C19H36O11/c1-21-8-10-12(22-2)15(25-5)17(27-7)19(30-10)28-9-11-13(23-3)14(24-4)16(26-6)18(20)29-11/h10-20H,8-9H2,1-7H3/t10-,11?,12-,13-,14+,15+,16-,17-,18-,19-/m1/s1. The van der Waals surface area contributed by atoms with Crippen LogP contribution in [0.4, 0.5) is 0 Å². The van der Waals surface area contributed by atoms with Gasteiger partial charge in [0.15, 0.2) is 12.6 Å². The molecular weight excluding hydrogens is 404 g/mol. The molecule has 2 heterocycles. The van der Waals surface area contributed by atoms with E-state index in [4.69, 9.17) is 47.4 Å². The smallest absolute Gasteiger partial charge is 0.187 e. The van der Waals surface area contributed by atoms with Gasteiger partial charge in [-0.05, 0) is 0 Å². The van der Waals surface area contributed by atoms with Crippen LogP contribution in [-0.4, -0.2) is 130 Å². The number of hydrogen-bond acceptors (Lipinski definition) is 11. The number of ether oxygens (including phenoxy) is 10. The van der Waals surface area contributed by atoms with Crippen molar-refractivity contribution < 1.29 is 52.5 Å². The predicted octanol–water partition coefficient (Wildman–Crippen LogP) is -0.818. The molecule has 0 bridgehead atoms. The molecule has 0 aromatic heterocycles. The van der Waals surface area contributed by atoms with Crippen molar-refractivity contribution >= 4 is 0 Å². The topological polar surface area (TPSA) is 113 Å². The van der Waals surface area contributed by atoms with Crippen LogP contribution in [0, 0.1) is 0 Å². The summed E-state index contributed by atoms with van der Waals surface area (Å²) in [5.74, 6) is 0. The van der Waals surface area contributed by atoms with Crippen LogP contribution in [0.5, 0.6) is 0 Å². The first-order chi connectivity index (χ1) is 14.5. The third kappa shape index (κ3) is 5.48. The summed E-state index contributed by atoms with van der Waals surface area (Å²) < 4.78 is 56.1. The molecule has 0 amide bonds. The Balaban J connectivity index is 2.12. The first kappa shape index (κ1) is 25.8. The molecule has 0 aromatic rings. The van der Waals surface area contributed by atoms with E-state index < -0.39 is 61.4 Å². The van der Waals surface area contributed by atoms with Gasteiger partial charge in [0.2, 0.25) is 0 Å². The van der Waals surface area contributed by atoms with Crippen LogP contribution in [0.15, 0.2) is 0 Å². The number of methoxy groups -OCH3 is 7. The Morgan fingerprint density at radius 2 is 1.03 bits per heavy atom. The van der Waals surface area contributed by atoms with Gasteiger partial charge in [-0.2, -0.15) is 0 Å². The zero-order valence-corrected chi connectivity index (χ0v) is 18.7. The highest BCUT2D eigenvalue weighted by Crippen LogP contribution is 2.30. The van der Waals surface area contributed by atoms with Gasteiger partial charge in [0, 0.05) is 49.8 Å². The lowest BCUT2D eigenvalue weighted by atomic mass is 9.97. The van der Waals surface area contributed by atoms with Crippen molar-refractivity contribution in [3.63, 3.8) is 0 Å². The van der Waals surface area contributed by atoms with Crippen molar-refractivity contribution in [1.82, 2.24) is 0 Å². The number of aliphatic hydroxyl groups is 1. The highest BCUT2D eigenvalue weighted by molar-refractivity contribution is 4.94. The van der Waals surface area contributed by atoms with E-state index in [2.05, 4.69) is 0 Å². The molecule has 0 aromatic carbocycles. The summed E-state index contributed by atoms with van der Waals surface area (Å²) >= 11 is 0. The van der Waals surface area contributed by atoms with Gasteiger partial charge < -0.3 is 52.5 Å². The third-order valence-corrected chi connectivity index (χ3v) is 5.59. The fraction of sp³-hybridized carbons (Fsp3) is 1.00. The molecule has 1 N–H and O–H groups in total. The van der Waals surface area contributed by atoms with E-state index in [1.165, 1.54) is 21.3 Å². The summed E-state index contributed by atoms with van der Waals surface area (Å²) in [6.07, 6.45) is -6.23. The first-order valence-corrected chi connectivity index (χ1v) is 9.77. The number of aliphatic hydroxyl groups excluding tert-OH is 1. The maximum absolute atomic E-state index is 10.3. The molecule has 10 atom stereocenters. The molecule has 2 saturated heterocycles. The fourth-order valence-electron chi connectivity index (χ4n) is 4.14. The van der Waals surface area contributed by atoms with Gasteiger partial charge in [-0.1, -0.05) is 0 Å². The normalized spacial score (nSPS) is 42.4. The Morgan fingerprint density at radius 3 is 1.50 bits per heavy atom. The van der Waals surface area contributed by atoms with Crippen LogP contribution in [0.1, 0.15) is 0 Å². The van der Waals surface area contributed by atoms with Gasteiger partial charge in [-0.3, -0.25) is 0 Å². The molecule has 2 fully saturated rings. The molecule has 0 spiro atoms.